The molecule has 45 heavy (non-hydrogen) atoms. The van der Waals surface area contributed by atoms with Crippen molar-refractivity contribution in [3.05, 3.63) is 118 Å². The monoisotopic (exact) mass is 669 g/mol. The third-order valence-corrected chi connectivity index (χ3v) is 7.08. The summed E-state index contributed by atoms with van der Waals surface area (Å²) >= 11 is 3.44. The van der Waals surface area contributed by atoms with Crippen molar-refractivity contribution in [1.29, 1.82) is 0 Å². The lowest BCUT2D eigenvalue weighted by Crippen LogP contribution is -2.54. The van der Waals surface area contributed by atoms with Gasteiger partial charge in [-0.15, -0.1) is 0 Å². The van der Waals surface area contributed by atoms with Crippen LogP contribution in [0, 0.1) is 0 Å². The van der Waals surface area contributed by atoms with Gasteiger partial charge in [0.15, 0.2) is 18.1 Å². The zero-order valence-corrected chi connectivity index (χ0v) is 25.7. The number of halogens is 1. The first-order valence-electron chi connectivity index (χ1n) is 13.9. The lowest BCUT2D eigenvalue weighted by atomic mass is 10.1. The van der Waals surface area contributed by atoms with Gasteiger partial charge < -0.3 is 19.5 Å². The number of hydrogen-bond donors (Lipinski definition) is 2. The zero-order valence-electron chi connectivity index (χ0n) is 24.1. The largest absolute Gasteiger partial charge is 0.490 e. The van der Waals surface area contributed by atoms with Gasteiger partial charge in [0.1, 0.15) is 17.9 Å². The summed E-state index contributed by atoms with van der Waals surface area (Å²) in [5, 5.41) is 4.97. The molecule has 0 atom stereocenters. The Morgan fingerprint density at radius 3 is 2.27 bits per heavy atom. The topological polar surface area (TPSA) is 123 Å². The number of nitrogens with one attached hydrogen (secondary N) is 2. The van der Waals surface area contributed by atoms with E-state index in [0.29, 0.717) is 28.1 Å². The minimum atomic E-state index is -0.867. The van der Waals surface area contributed by atoms with Crippen molar-refractivity contribution in [2.45, 2.75) is 13.5 Å². The molecule has 0 unspecified atom stereocenters. The molecule has 1 aliphatic heterocycles. The van der Waals surface area contributed by atoms with Gasteiger partial charge in [-0.25, -0.2) is 9.69 Å². The minimum Gasteiger partial charge on any atom is -0.490 e. The van der Waals surface area contributed by atoms with E-state index in [4.69, 9.17) is 14.2 Å². The Bertz CT molecular complexity index is 1740. The molecule has 0 spiro atoms. The quantitative estimate of drug-likeness (QED) is 0.146. The van der Waals surface area contributed by atoms with Gasteiger partial charge in [0.05, 0.1) is 16.8 Å². The molecule has 1 aliphatic rings. The third kappa shape index (κ3) is 7.76. The Labute approximate surface area is 267 Å². The van der Waals surface area contributed by atoms with Crippen LogP contribution in [0.25, 0.3) is 6.08 Å². The molecule has 4 aromatic rings. The van der Waals surface area contributed by atoms with E-state index in [2.05, 4.69) is 26.6 Å². The molecule has 0 radical (unpaired) electrons. The number of imide groups is 2. The third-order valence-electron chi connectivity index (χ3n) is 6.49. The summed E-state index contributed by atoms with van der Waals surface area (Å²) in [5.74, 6) is -0.897. The highest BCUT2D eigenvalue weighted by atomic mass is 79.9. The molecule has 5 rings (SSSR count). The maximum Gasteiger partial charge on any atom is 0.335 e. The summed E-state index contributed by atoms with van der Waals surface area (Å²) in [5.41, 5.74) is 2.05. The fourth-order valence-corrected chi connectivity index (χ4v) is 5.00. The summed E-state index contributed by atoms with van der Waals surface area (Å²) < 4.78 is 17.7. The number of carbonyl (C=O) groups is 4. The van der Waals surface area contributed by atoms with Crippen LogP contribution in [0.5, 0.6) is 17.2 Å². The fraction of sp³-hybridized carbons (Fsp3) is 0.118. The lowest BCUT2D eigenvalue weighted by Gasteiger charge is -2.26. The number of ether oxygens (including phenoxy) is 3. The summed E-state index contributed by atoms with van der Waals surface area (Å²) in [6.45, 7) is 2.13. The molecular weight excluding hydrogens is 642 g/mol. The molecule has 0 saturated carbocycles. The first kappa shape index (κ1) is 31.0. The Balaban J connectivity index is 1.32. The SMILES string of the molecule is CCOc1cc(/C=C2\C(=O)NC(=O)N(c3ccc(OCc4ccccc4)cc3)C2=O)cc(Br)c1OCC(=O)Nc1ccccc1. The summed E-state index contributed by atoms with van der Waals surface area (Å²) in [7, 11) is 0. The number of barbiturate groups is 1. The van der Waals surface area contributed by atoms with Gasteiger partial charge in [0, 0.05) is 5.69 Å². The molecule has 11 heteroatoms. The average Bonchev–Trinajstić information content (AvgIpc) is 3.03. The second kappa shape index (κ2) is 14.4. The van der Waals surface area contributed by atoms with Crippen LogP contribution in [0.3, 0.4) is 0 Å². The van der Waals surface area contributed by atoms with E-state index < -0.39 is 17.8 Å². The van der Waals surface area contributed by atoms with E-state index in [0.717, 1.165) is 10.5 Å². The van der Waals surface area contributed by atoms with Crippen LogP contribution < -0.4 is 29.7 Å². The first-order chi connectivity index (χ1) is 21.8. The van der Waals surface area contributed by atoms with Crippen molar-refractivity contribution in [2.75, 3.05) is 23.4 Å². The molecule has 5 amide bonds. The van der Waals surface area contributed by atoms with Gasteiger partial charge in [-0.2, -0.15) is 0 Å². The van der Waals surface area contributed by atoms with E-state index >= 15 is 0 Å². The maximum absolute atomic E-state index is 13.5. The Morgan fingerprint density at radius 1 is 0.889 bits per heavy atom. The van der Waals surface area contributed by atoms with E-state index in [1.807, 2.05) is 36.4 Å². The molecule has 0 bridgehead atoms. The number of hydrogen-bond acceptors (Lipinski definition) is 7. The predicted molar refractivity (Wildman–Crippen MR) is 172 cm³/mol. The van der Waals surface area contributed by atoms with Crippen molar-refractivity contribution < 1.29 is 33.4 Å². The smallest absolute Gasteiger partial charge is 0.335 e. The zero-order chi connectivity index (χ0) is 31.8. The normalized spacial score (nSPS) is 13.8. The average molecular weight is 671 g/mol. The van der Waals surface area contributed by atoms with Crippen molar-refractivity contribution >= 4 is 57.1 Å². The number of benzene rings is 4. The molecule has 1 fully saturated rings. The second-order valence-electron chi connectivity index (χ2n) is 9.69. The number of urea groups is 1. The van der Waals surface area contributed by atoms with Crippen molar-refractivity contribution in [2.24, 2.45) is 0 Å². The number of para-hydroxylation sites is 1. The fourth-order valence-electron chi connectivity index (χ4n) is 4.42. The molecule has 0 aromatic heterocycles. The van der Waals surface area contributed by atoms with Gasteiger partial charge in [-0.3, -0.25) is 19.7 Å². The molecule has 1 heterocycles. The number of nitrogens with zero attached hydrogens (tertiary/aromatic N) is 1. The molecule has 1 saturated heterocycles. The second-order valence-corrected chi connectivity index (χ2v) is 10.5. The van der Waals surface area contributed by atoms with Gasteiger partial charge >= 0.3 is 6.03 Å². The lowest BCUT2D eigenvalue weighted by molar-refractivity contribution is -0.122. The molecule has 2 N–H and O–H groups in total. The van der Waals surface area contributed by atoms with Crippen LogP contribution in [0.2, 0.25) is 0 Å². The van der Waals surface area contributed by atoms with E-state index in [1.54, 1.807) is 67.6 Å². The van der Waals surface area contributed by atoms with Crippen LogP contribution in [0.1, 0.15) is 18.1 Å². The Kier molecular flexibility index (Phi) is 9.90. The van der Waals surface area contributed by atoms with E-state index in [1.165, 1.54) is 6.08 Å². The van der Waals surface area contributed by atoms with E-state index in [-0.39, 0.29) is 41.9 Å². The molecule has 10 nitrogen and oxygen atoms in total. The van der Waals surface area contributed by atoms with Crippen LogP contribution in [0.4, 0.5) is 16.2 Å². The molecular formula is C34H28BrN3O7. The molecule has 4 aromatic carbocycles. The highest BCUT2D eigenvalue weighted by Gasteiger charge is 2.37. The van der Waals surface area contributed by atoms with Gasteiger partial charge in [0.2, 0.25) is 0 Å². The van der Waals surface area contributed by atoms with Crippen LogP contribution in [-0.4, -0.2) is 37.0 Å². The van der Waals surface area contributed by atoms with Gasteiger partial charge in [-0.1, -0.05) is 48.5 Å². The highest BCUT2D eigenvalue weighted by molar-refractivity contribution is 9.10. The highest BCUT2D eigenvalue weighted by Crippen LogP contribution is 2.38. The standard InChI is InChI=1S/C34H28BrN3O7/c1-2-43-29-19-23(18-28(35)31(29)45-21-30(39)36-24-11-7-4-8-12-24)17-27-32(40)37-34(42)38(33(27)41)25-13-15-26(16-14-25)44-20-22-9-5-3-6-10-22/h3-19H,2,20-21H2,1H3,(H,36,39)(H,37,40,42)/b27-17+. The minimum absolute atomic E-state index is 0.260. The van der Waals surface area contributed by atoms with Crippen molar-refractivity contribution in [3.63, 3.8) is 0 Å². The Hall–Kier alpha value is -5.42. The molecule has 228 valence electrons. The first-order valence-corrected chi connectivity index (χ1v) is 14.7. The number of rotatable bonds is 11. The number of amides is 5. The molecule has 0 aliphatic carbocycles. The van der Waals surface area contributed by atoms with E-state index in [9.17, 15) is 19.2 Å². The van der Waals surface area contributed by atoms with Crippen LogP contribution in [0.15, 0.2) is 107 Å². The number of carbonyl (C=O) groups excluding carboxylic acids is 4. The Morgan fingerprint density at radius 2 is 1.58 bits per heavy atom. The van der Waals surface area contributed by atoms with Crippen molar-refractivity contribution in [3.8, 4) is 17.2 Å². The maximum atomic E-state index is 13.5. The van der Waals surface area contributed by atoms with Crippen LogP contribution in [-0.2, 0) is 21.0 Å². The van der Waals surface area contributed by atoms with Crippen molar-refractivity contribution in [1.82, 2.24) is 5.32 Å². The summed E-state index contributed by atoms with van der Waals surface area (Å²) in [4.78, 5) is 52.3. The van der Waals surface area contributed by atoms with Crippen LogP contribution >= 0.6 is 15.9 Å². The van der Waals surface area contributed by atoms with Gasteiger partial charge in [-0.05, 0) is 88.6 Å². The summed E-state index contributed by atoms with van der Waals surface area (Å²) in [6.07, 6.45) is 1.35. The van der Waals surface area contributed by atoms with Gasteiger partial charge in [0.25, 0.3) is 17.7 Å². The predicted octanol–water partition coefficient (Wildman–Crippen LogP) is 6.11. The summed E-state index contributed by atoms with van der Waals surface area (Å²) in [6, 6.07) is 27.3. The number of anilines is 2.